The number of nitrogens with one attached hydrogen (secondary N) is 3. The molecule has 3 N–H and O–H groups in total. The molecule has 0 aliphatic rings. The van der Waals surface area contributed by atoms with Crippen molar-refractivity contribution in [2.75, 3.05) is 16.0 Å². The molecule has 0 unspecified atom stereocenters. The van der Waals surface area contributed by atoms with Crippen molar-refractivity contribution in [1.29, 1.82) is 0 Å². The lowest BCUT2D eigenvalue weighted by Gasteiger charge is -2.20. The van der Waals surface area contributed by atoms with Crippen molar-refractivity contribution in [1.82, 2.24) is 0 Å². The second-order valence-electron chi connectivity index (χ2n) is 9.66. The van der Waals surface area contributed by atoms with Crippen LogP contribution in [0.1, 0.15) is 0 Å². The highest BCUT2D eigenvalue weighted by Crippen LogP contribution is 2.45. The maximum absolute atomic E-state index is 3.70. The van der Waals surface area contributed by atoms with E-state index in [1.165, 1.54) is 32.3 Å². The maximum atomic E-state index is 3.70. The molecular formula is C36H27N3. The highest BCUT2D eigenvalue weighted by atomic mass is 14.9. The topological polar surface area (TPSA) is 36.1 Å². The summed E-state index contributed by atoms with van der Waals surface area (Å²) in [5.74, 6) is 0. The van der Waals surface area contributed by atoms with Crippen molar-refractivity contribution in [3.63, 3.8) is 0 Å². The number of hydrogen-bond acceptors (Lipinski definition) is 3. The molecule has 0 aromatic heterocycles. The Balaban J connectivity index is 1.56. The summed E-state index contributed by atoms with van der Waals surface area (Å²) in [7, 11) is 0. The van der Waals surface area contributed by atoms with Gasteiger partial charge >= 0.3 is 0 Å². The van der Waals surface area contributed by atoms with E-state index in [1.807, 2.05) is 18.2 Å². The van der Waals surface area contributed by atoms with Gasteiger partial charge in [0.15, 0.2) is 0 Å². The zero-order chi connectivity index (χ0) is 26.0. The van der Waals surface area contributed by atoms with Crippen LogP contribution in [-0.4, -0.2) is 0 Å². The van der Waals surface area contributed by atoms with E-state index < -0.39 is 0 Å². The Bertz CT molecular complexity index is 1660. The fourth-order valence-electron chi connectivity index (χ4n) is 5.50. The lowest BCUT2D eigenvalue weighted by Crippen LogP contribution is -1.97. The summed E-state index contributed by atoms with van der Waals surface area (Å²) < 4.78 is 0. The van der Waals surface area contributed by atoms with Crippen LogP contribution in [0.4, 0.5) is 34.1 Å². The van der Waals surface area contributed by atoms with E-state index in [2.05, 4.69) is 143 Å². The lowest BCUT2D eigenvalue weighted by atomic mass is 9.91. The van der Waals surface area contributed by atoms with Gasteiger partial charge in [-0.1, -0.05) is 91.0 Å². The van der Waals surface area contributed by atoms with Gasteiger partial charge in [0.05, 0.1) is 0 Å². The fraction of sp³-hybridized carbons (Fsp3) is 0. The molecule has 3 nitrogen and oxygen atoms in total. The van der Waals surface area contributed by atoms with Crippen LogP contribution in [0.5, 0.6) is 0 Å². The Kier molecular flexibility index (Phi) is 5.80. The monoisotopic (exact) mass is 501 g/mol. The molecule has 0 fully saturated rings. The van der Waals surface area contributed by atoms with E-state index >= 15 is 0 Å². The van der Waals surface area contributed by atoms with Crippen LogP contribution in [-0.2, 0) is 0 Å². The van der Waals surface area contributed by atoms with E-state index in [0.29, 0.717) is 0 Å². The third-order valence-electron chi connectivity index (χ3n) is 7.16. The van der Waals surface area contributed by atoms with E-state index in [9.17, 15) is 0 Å². The normalized spacial score (nSPS) is 11.1. The molecule has 0 radical (unpaired) electrons. The van der Waals surface area contributed by atoms with Crippen molar-refractivity contribution in [3.05, 3.63) is 146 Å². The summed E-state index contributed by atoms with van der Waals surface area (Å²) in [6.45, 7) is 0. The predicted molar refractivity (Wildman–Crippen MR) is 168 cm³/mol. The van der Waals surface area contributed by atoms with Crippen LogP contribution >= 0.6 is 0 Å². The molecule has 7 aromatic carbocycles. The summed E-state index contributed by atoms with van der Waals surface area (Å²) in [4.78, 5) is 0. The molecule has 0 amide bonds. The van der Waals surface area contributed by atoms with Gasteiger partial charge in [-0.15, -0.1) is 0 Å². The number of benzene rings is 7. The van der Waals surface area contributed by atoms with Gasteiger partial charge in [0.25, 0.3) is 0 Å². The zero-order valence-corrected chi connectivity index (χ0v) is 21.4. The van der Waals surface area contributed by atoms with Gasteiger partial charge in [-0.25, -0.2) is 0 Å². The Morgan fingerprint density at radius 3 is 0.821 bits per heavy atom. The van der Waals surface area contributed by atoms with Crippen LogP contribution in [0.15, 0.2) is 146 Å². The molecule has 7 aromatic rings. The molecule has 7 rings (SSSR count). The SMILES string of the molecule is c1ccc(Nc2cccc3c2c2cccc(Nc4ccccc4)c2c2cccc(Nc4ccccc4)c32)cc1. The van der Waals surface area contributed by atoms with Gasteiger partial charge in [-0.3, -0.25) is 0 Å². The van der Waals surface area contributed by atoms with Crippen molar-refractivity contribution in [2.45, 2.75) is 0 Å². The molecule has 186 valence electrons. The van der Waals surface area contributed by atoms with E-state index in [4.69, 9.17) is 0 Å². The summed E-state index contributed by atoms with van der Waals surface area (Å²) in [5.41, 5.74) is 6.43. The van der Waals surface area contributed by atoms with Gasteiger partial charge in [-0.2, -0.15) is 0 Å². The molecule has 39 heavy (non-hydrogen) atoms. The number of rotatable bonds is 6. The summed E-state index contributed by atoms with van der Waals surface area (Å²) >= 11 is 0. The number of anilines is 6. The van der Waals surface area contributed by atoms with Crippen LogP contribution < -0.4 is 16.0 Å². The van der Waals surface area contributed by atoms with E-state index in [1.54, 1.807) is 0 Å². The Morgan fingerprint density at radius 2 is 0.538 bits per heavy atom. The molecule has 0 saturated carbocycles. The van der Waals surface area contributed by atoms with E-state index in [-0.39, 0.29) is 0 Å². The standard InChI is InChI=1S/C36H27N3/c1-4-13-25(14-5-1)37-31-22-10-19-28-34(31)29-20-11-23-32(38-26-15-6-2-7-16-26)36(29)30-21-12-24-33(35(28)30)39-27-17-8-3-9-18-27/h1-24,37-39H. The molecular weight excluding hydrogens is 474 g/mol. The Morgan fingerprint density at radius 1 is 0.256 bits per heavy atom. The van der Waals surface area contributed by atoms with Crippen molar-refractivity contribution >= 4 is 66.4 Å². The van der Waals surface area contributed by atoms with Gasteiger partial charge < -0.3 is 16.0 Å². The average Bonchev–Trinajstić information content (AvgIpc) is 2.99. The molecule has 0 bridgehead atoms. The predicted octanol–water partition coefficient (Wildman–Crippen LogP) is 10.4. The maximum Gasteiger partial charge on any atom is 0.0470 e. The minimum absolute atomic E-state index is 1.06. The smallest absolute Gasteiger partial charge is 0.0470 e. The average molecular weight is 502 g/mol. The first-order valence-corrected chi connectivity index (χ1v) is 13.2. The molecule has 3 heteroatoms. The molecule has 0 aliphatic carbocycles. The molecule has 0 spiro atoms. The first kappa shape index (κ1) is 22.9. The number of para-hydroxylation sites is 3. The van der Waals surface area contributed by atoms with Crippen LogP contribution in [0.3, 0.4) is 0 Å². The Labute approximate surface area is 227 Å². The summed E-state index contributed by atoms with van der Waals surface area (Å²) in [6.07, 6.45) is 0. The van der Waals surface area contributed by atoms with Gasteiger partial charge in [0.2, 0.25) is 0 Å². The molecule has 0 heterocycles. The van der Waals surface area contributed by atoms with Gasteiger partial charge in [0, 0.05) is 50.3 Å². The van der Waals surface area contributed by atoms with Crippen LogP contribution in [0, 0.1) is 0 Å². The molecule has 0 atom stereocenters. The Hall–Kier alpha value is -5.28. The fourth-order valence-corrected chi connectivity index (χ4v) is 5.50. The zero-order valence-electron chi connectivity index (χ0n) is 21.4. The first-order valence-electron chi connectivity index (χ1n) is 13.2. The second kappa shape index (κ2) is 9.88. The van der Waals surface area contributed by atoms with Crippen LogP contribution in [0.25, 0.3) is 32.3 Å². The minimum atomic E-state index is 1.06. The third-order valence-corrected chi connectivity index (χ3v) is 7.16. The molecule has 0 saturated heterocycles. The largest absolute Gasteiger partial charge is 0.355 e. The summed E-state index contributed by atoms with van der Waals surface area (Å²) in [6, 6.07) is 50.8. The highest BCUT2D eigenvalue weighted by molar-refractivity contribution is 6.33. The quantitative estimate of drug-likeness (QED) is 0.198. The lowest BCUT2D eigenvalue weighted by molar-refractivity contribution is 1.57. The van der Waals surface area contributed by atoms with E-state index in [0.717, 1.165) is 34.1 Å². The summed E-state index contributed by atoms with van der Waals surface area (Å²) in [5, 5.41) is 18.3. The molecule has 0 aliphatic heterocycles. The first-order chi connectivity index (χ1) is 19.3. The number of fused-ring (bicyclic) bond motifs is 6. The highest BCUT2D eigenvalue weighted by Gasteiger charge is 2.17. The van der Waals surface area contributed by atoms with Crippen molar-refractivity contribution in [3.8, 4) is 0 Å². The third kappa shape index (κ3) is 4.30. The van der Waals surface area contributed by atoms with Gasteiger partial charge in [-0.05, 0) is 70.8 Å². The number of hydrogen-bond donors (Lipinski definition) is 3. The van der Waals surface area contributed by atoms with Crippen molar-refractivity contribution < 1.29 is 0 Å². The van der Waals surface area contributed by atoms with Crippen molar-refractivity contribution in [2.24, 2.45) is 0 Å². The van der Waals surface area contributed by atoms with Crippen LogP contribution in [0.2, 0.25) is 0 Å². The second-order valence-corrected chi connectivity index (χ2v) is 9.66. The van der Waals surface area contributed by atoms with Gasteiger partial charge in [0.1, 0.15) is 0 Å². The minimum Gasteiger partial charge on any atom is -0.355 e.